The van der Waals surface area contributed by atoms with E-state index in [9.17, 15) is 9.59 Å². The standard InChI is InChI=1S/C28H36N2O2/c1-26(2)16-23-17-27(3,18-26)19-30(23)25(32)11-13-28(12-10-24(31)29-28)15-20-8-9-21-6-4-5-7-22(21)14-20/h4-9,14,23H,10-13,15-19H2,1-3H3,(H,29,31). The molecule has 2 heterocycles. The molecule has 0 spiro atoms. The van der Waals surface area contributed by atoms with Gasteiger partial charge in [0.1, 0.15) is 0 Å². The number of rotatable bonds is 5. The van der Waals surface area contributed by atoms with Crippen LogP contribution in [0.3, 0.4) is 0 Å². The number of nitrogens with zero attached hydrogens (tertiary/aromatic N) is 1. The van der Waals surface area contributed by atoms with E-state index in [-0.39, 0.29) is 22.8 Å². The Hall–Kier alpha value is -2.36. The molecule has 3 aliphatic rings. The van der Waals surface area contributed by atoms with Crippen LogP contribution in [-0.2, 0) is 16.0 Å². The molecule has 5 rings (SSSR count). The lowest BCUT2D eigenvalue weighted by molar-refractivity contribution is -0.133. The fourth-order valence-corrected chi connectivity index (χ4v) is 7.16. The highest BCUT2D eigenvalue weighted by molar-refractivity contribution is 5.83. The van der Waals surface area contributed by atoms with Crippen molar-refractivity contribution < 1.29 is 9.59 Å². The molecule has 170 valence electrons. The van der Waals surface area contributed by atoms with E-state index in [1.807, 2.05) is 0 Å². The van der Waals surface area contributed by atoms with Crippen molar-refractivity contribution in [1.29, 1.82) is 0 Å². The molecule has 3 atom stereocenters. The molecule has 2 amide bonds. The van der Waals surface area contributed by atoms with Gasteiger partial charge in [0.15, 0.2) is 0 Å². The average molecular weight is 433 g/mol. The normalized spacial score (nSPS) is 31.2. The zero-order valence-corrected chi connectivity index (χ0v) is 19.7. The van der Waals surface area contributed by atoms with Crippen molar-refractivity contribution >= 4 is 22.6 Å². The van der Waals surface area contributed by atoms with Crippen LogP contribution >= 0.6 is 0 Å². The van der Waals surface area contributed by atoms with E-state index in [0.717, 1.165) is 32.2 Å². The van der Waals surface area contributed by atoms with Crippen LogP contribution in [0.2, 0.25) is 0 Å². The van der Waals surface area contributed by atoms with Gasteiger partial charge in [-0.25, -0.2) is 0 Å². The maximum Gasteiger partial charge on any atom is 0.222 e. The predicted octanol–water partition coefficient (Wildman–Crippen LogP) is 5.24. The number of hydrogen-bond donors (Lipinski definition) is 1. The summed E-state index contributed by atoms with van der Waals surface area (Å²) in [6.45, 7) is 7.94. The second-order valence-corrected chi connectivity index (χ2v) is 11.9. The number of hydrogen-bond acceptors (Lipinski definition) is 2. The van der Waals surface area contributed by atoms with E-state index in [1.165, 1.54) is 22.8 Å². The van der Waals surface area contributed by atoms with Crippen molar-refractivity contribution in [3.8, 4) is 0 Å². The van der Waals surface area contributed by atoms with E-state index in [2.05, 4.69) is 73.5 Å². The third kappa shape index (κ3) is 4.16. The van der Waals surface area contributed by atoms with E-state index in [1.54, 1.807) is 0 Å². The molecular weight excluding hydrogens is 396 g/mol. The Labute approximate surface area is 191 Å². The number of carbonyl (C=O) groups is 2. The number of amides is 2. The highest BCUT2D eigenvalue weighted by atomic mass is 16.2. The summed E-state index contributed by atoms with van der Waals surface area (Å²) in [7, 11) is 0. The van der Waals surface area contributed by atoms with Crippen molar-refractivity contribution in [3.63, 3.8) is 0 Å². The quantitative estimate of drug-likeness (QED) is 0.703. The van der Waals surface area contributed by atoms with Gasteiger partial charge in [0.05, 0.1) is 0 Å². The molecule has 0 radical (unpaired) electrons. The maximum absolute atomic E-state index is 13.4. The summed E-state index contributed by atoms with van der Waals surface area (Å²) in [5.74, 6) is 0.389. The summed E-state index contributed by atoms with van der Waals surface area (Å²) < 4.78 is 0. The first-order chi connectivity index (χ1) is 15.1. The van der Waals surface area contributed by atoms with Crippen LogP contribution in [0.5, 0.6) is 0 Å². The van der Waals surface area contributed by atoms with Gasteiger partial charge < -0.3 is 10.2 Å². The largest absolute Gasteiger partial charge is 0.350 e. The average Bonchev–Trinajstić information content (AvgIpc) is 3.21. The van der Waals surface area contributed by atoms with Gasteiger partial charge in [-0.2, -0.15) is 0 Å². The summed E-state index contributed by atoms with van der Waals surface area (Å²) in [5.41, 5.74) is 1.48. The first-order valence-electron chi connectivity index (χ1n) is 12.2. The third-order valence-electron chi connectivity index (χ3n) is 8.14. The summed E-state index contributed by atoms with van der Waals surface area (Å²) in [5, 5.41) is 5.72. The van der Waals surface area contributed by atoms with Gasteiger partial charge in [0, 0.05) is 31.0 Å². The van der Waals surface area contributed by atoms with Crippen molar-refractivity contribution in [2.24, 2.45) is 10.8 Å². The van der Waals surface area contributed by atoms with Crippen LogP contribution in [-0.4, -0.2) is 34.8 Å². The molecule has 4 nitrogen and oxygen atoms in total. The highest BCUT2D eigenvalue weighted by Crippen LogP contribution is 2.52. The molecule has 2 aromatic carbocycles. The van der Waals surface area contributed by atoms with Crippen LogP contribution in [0.4, 0.5) is 0 Å². The van der Waals surface area contributed by atoms with Crippen LogP contribution in [0.25, 0.3) is 10.8 Å². The summed E-state index contributed by atoms with van der Waals surface area (Å²) in [6, 6.07) is 15.3. The monoisotopic (exact) mass is 432 g/mol. The Morgan fingerprint density at radius 2 is 1.88 bits per heavy atom. The van der Waals surface area contributed by atoms with E-state index in [0.29, 0.717) is 30.7 Å². The smallest absolute Gasteiger partial charge is 0.222 e. The predicted molar refractivity (Wildman–Crippen MR) is 128 cm³/mol. The Morgan fingerprint density at radius 1 is 1.09 bits per heavy atom. The van der Waals surface area contributed by atoms with Crippen LogP contribution in [0.15, 0.2) is 42.5 Å². The first kappa shape index (κ1) is 21.5. The molecule has 2 aromatic rings. The number of benzene rings is 2. The number of carbonyl (C=O) groups excluding carboxylic acids is 2. The molecule has 1 saturated carbocycles. The highest BCUT2D eigenvalue weighted by Gasteiger charge is 2.51. The van der Waals surface area contributed by atoms with E-state index < -0.39 is 0 Å². The van der Waals surface area contributed by atoms with Crippen molar-refractivity contribution in [1.82, 2.24) is 10.2 Å². The molecule has 3 unspecified atom stereocenters. The maximum atomic E-state index is 13.4. The van der Waals surface area contributed by atoms with Gasteiger partial charge >= 0.3 is 0 Å². The second kappa shape index (κ2) is 7.60. The summed E-state index contributed by atoms with van der Waals surface area (Å²) in [4.78, 5) is 27.8. The zero-order valence-electron chi connectivity index (χ0n) is 19.7. The van der Waals surface area contributed by atoms with Gasteiger partial charge in [0.2, 0.25) is 11.8 Å². The van der Waals surface area contributed by atoms with Gasteiger partial charge in [-0.15, -0.1) is 0 Å². The molecule has 1 N–H and O–H groups in total. The van der Waals surface area contributed by atoms with Gasteiger partial charge in [-0.3, -0.25) is 9.59 Å². The van der Waals surface area contributed by atoms with Crippen LogP contribution in [0, 0.1) is 10.8 Å². The van der Waals surface area contributed by atoms with Gasteiger partial charge in [-0.05, 0) is 65.7 Å². The lowest BCUT2D eigenvalue weighted by Crippen LogP contribution is -2.45. The minimum atomic E-state index is -0.312. The molecule has 1 aliphatic carbocycles. The molecule has 0 aromatic heterocycles. The lowest BCUT2D eigenvalue weighted by Gasteiger charge is -2.39. The fraction of sp³-hybridized carbons (Fsp3) is 0.571. The Kier molecular flexibility index (Phi) is 5.11. The van der Waals surface area contributed by atoms with E-state index in [4.69, 9.17) is 0 Å². The Balaban J connectivity index is 1.30. The van der Waals surface area contributed by atoms with Crippen molar-refractivity contribution in [3.05, 3.63) is 48.0 Å². The summed E-state index contributed by atoms with van der Waals surface area (Å²) in [6.07, 6.45) is 6.82. The molecular formula is C28H36N2O2. The minimum absolute atomic E-state index is 0.115. The minimum Gasteiger partial charge on any atom is -0.350 e. The number of nitrogens with one attached hydrogen (secondary N) is 1. The SMILES string of the molecule is CC1(C)CC2CC(C)(CN2C(=O)CCC2(Cc3ccc4ccccc4c3)CCC(=O)N2)C1. The van der Waals surface area contributed by atoms with Crippen LogP contribution in [0.1, 0.15) is 71.3 Å². The van der Waals surface area contributed by atoms with Crippen LogP contribution < -0.4 is 5.32 Å². The molecule has 3 fully saturated rings. The van der Waals surface area contributed by atoms with Crippen molar-refractivity contribution in [2.45, 2.75) is 83.7 Å². The summed E-state index contributed by atoms with van der Waals surface area (Å²) >= 11 is 0. The third-order valence-corrected chi connectivity index (χ3v) is 8.14. The molecule has 2 bridgehead atoms. The molecule has 2 saturated heterocycles. The Bertz CT molecular complexity index is 1060. The zero-order chi connectivity index (χ0) is 22.6. The topological polar surface area (TPSA) is 49.4 Å². The Morgan fingerprint density at radius 3 is 2.62 bits per heavy atom. The molecule has 4 heteroatoms. The molecule has 32 heavy (non-hydrogen) atoms. The number of fused-ring (bicyclic) bond motifs is 3. The van der Waals surface area contributed by atoms with Crippen molar-refractivity contribution in [2.75, 3.05) is 6.54 Å². The number of likely N-dealkylation sites (tertiary alicyclic amines) is 1. The van der Waals surface area contributed by atoms with Gasteiger partial charge in [0.25, 0.3) is 0 Å². The van der Waals surface area contributed by atoms with E-state index >= 15 is 0 Å². The lowest BCUT2D eigenvalue weighted by atomic mass is 9.65. The first-order valence-corrected chi connectivity index (χ1v) is 12.2. The molecule has 2 aliphatic heterocycles. The fourth-order valence-electron chi connectivity index (χ4n) is 7.16. The second-order valence-electron chi connectivity index (χ2n) is 11.9. The van der Waals surface area contributed by atoms with Gasteiger partial charge in [-0.1, -0.05) is 63.2 Å².